The Balaban J connectivity index is 1.97. The van der Waals surface area contributed by atoms with Crippen LogP contribution < -0.4 is 5.32 Å². The molecule has 0 radical (unpaired) electrons. The number of benzene rings is 1. The van der Waals surface area contributed by atoms with Crippen LogP contribution in [0, 0.1) is 11.2 Å². The van der Waals surface area contributed by atoms with Crippen molar-refractivity contribution in [1.82, 2.24) is 5.32 Å². The maximum absolute atomic E-state index is 13.3. The molecule has 1 amide bonds. The van der Waals surface area contributed by atoms with Crippen LogP contribution in [0.5, 0.6) is 0 Å². The number of amides is 1. The number of carbonyl (C=O) groups is 1. The van der Waals surface area contributed by atoms with Gasteiger partial charge in [0, 0.05) is 17.4 Å². The van der Waals surface area contributed by atoms with Crippen LogP contribution in [-0.2, 0) is 0 Å². The molecular formula is C12H12Br2FNO. The van der Waals surface area contributed by atoms with E-state index in [2.05, 4.69) is 37.2 Å². The Kier molecular flexibility index (Phi) is 3.88. The predicted molar refractivity (Wildman–Crippen MR) is 71.9 cm³/mol. The quantitative estimate of drug-likeness (QED) is 0.814. The highest BCUT2D eigenvalue weighted by atomic mass is 79.9. The van der Waals surface area contributed by atoms with Gasteiger partial charge < -0.3 is 5.32 Å². The number of hydrogen-bond acceptors (Lipinski definition) is 1. The Morgan fingerprint density at radius 2 is 2.18 bits per heavy atom. The monoisotopic (exact) mass is 363 g/mol. The number of carbonyl (C=O) groups excluding carboxylic acids is 1. The van der Waals surface area contributed by atoms with Gasteiger partial charge in [0.15, 0.2) is 0 Å². The fourth-order valence-corrected chi connectivity index (χ4v) is 2.55. The minimum atomic E-state index is -0.417. The number of rotatable bonds is 4. The first kappa shape index (κ1) is 13.0. The molecule has 1 saturated carbocycles. The minimum Gasteiger partial charge on any atom is -0.351 e. The summed E-state index contributed by atoms with van der Waals surface area (Å²) in [5, 5.41) is 3.75. The minimum absolute atomic E-state index is 0.219. The van der Waals surface area contributed by atoms with E-state index in [0.29, 0.717) is 16.6 Å². The van der Waals surface area contributed by atoms with Crippen molar-refractivity contribution in [2.75, 3.05) is 11.9 Å². The average Bonchev–Trinajstić information content (AvgIpc) is 3.10. The van der Waals surface area contributed by atoms with Crippen molar-refractivity contribution in [3.63, 3.8) is 0 Å². The van der Waals surface area contributed by atoms with Gasteiger partial charge in [-0.2, -0.15) is 0 Å². The molecule has 0 aromatic heterocycles. The summed E-state index contributed by atoms with van der Waals surface area (Å²) in [6.45, 7) is 0.648. The Morgan fingerprint density at radius 3 is 2.71 bits per heavy atom. The third-order valence-corrected chi connectivity index (χ3v) is 4.88. The van der Waals surface area contributed by atoms with Gasteiger partial charge >= 0.3 is 0 Å². The molecule has 1 aliphatic carbocycles. The van der Waals surface area contributed by atoms with E-state index in [4.69, 9.17) is 0 Å². The van der Waals surface area contributed by atoms with E-state index >= 15 is 0 Å². The largest absolute Gasteiger partial charge is 0.351 e. The molecule has 2 nitrogen and oxygen atoms in total. The maximum atomic E-state index is 13.3. The van der Waals surface area contributed by atoms with Crippen LogP contribution in [-0.4, -0.2) is 17.8 Å². The number of nitrogens with one attached hydrogen (secondary N) is 1. The summed E-state index contributed by atoms with van der Waals surface area (Å²) < 4.78 is 13.6. The Hall–Kier alpha value is -0.420. The second kappa shape index (κ2) is 5.06. The van der Waals surface area contributed by atoms with Gasteiger partial charge in [-0.15, -0.1) is 0 Å². The van der Waals surface area contributed by atoms with E-state index in [1.165, 1.54) is 6.07 Å². The lowest BCUT2D eigenvalue weighted by atomic mass is 10.1. The van der Waals surface area contributed by atoms with Crippen LogP contribution in [0.25, 0.3) is 0 Å². The highest BCUT2D eigenvalue weighted by Gasteiger charge is 2.41. The summed E-state index contributed by atoms with van der Waals surface area (Å²) in [6.07, 6.45) is 2.26. The van der Waals surface area contributed by atoms with Gasteiger partial charge in [-0.3, -0.25) is 4.79 Å². The average molecular weight is 365 g/mol. The lowest BCUT2D eigenvalue weighted by Crippen LogP contribution is -2.30. The number of halogens is 3. The maximum Gasteiger partial charge on any atom is 0.251 e. The van der Waals surface area contributed by atoms with Crippen molar-refractivity contribution < 1.29 is 9.18 Å². The van der Waals surface area contributed by atoms with Gasteiger partial charge in [0.1, 0.15) is 5.82 Å². The van der Waals surface area contributed by atoms with E-state index in [-0.39, 0.29) is 11.3 Å². The van der Waals surface area contributed by atoms with Crippen LogP contribution in [0.2, 0.25) is 0 Å². The summed E-state index contributed by atoms with van der Waals surface area (Å²) >= 11 is 6.50. The van der Waals surface area contributed by atoms with Crippen LogP contribution >= 0.6 is 31.9 Å². The molecule has 92 valence electrons. The third-order valence-electron chi connectivity index (χ3n) is 3.05. The Labute approximate surface area is 116 Å². The third kappa shape index (κ3) is 3.07. The molecule has 0 saturated heterocycles. The standard InChI is InChI=1S/C12H12Br2FNO/c13-6-12(3-4-12)7-16-11(17)8-1-2-9(14)10(15)5-8/h1-2,5H,3-4,6-7H2,(H,16,17). The van der Waals surface area contributed by atoms with Gasteiger partial charge in [0.25, 0.3) is 5.91 Å². The molecule has 1 N–H and O–H groups in total. The van der Waals surface area contributed by atoms with Crippen LogP contribution in [0.1, 0.15) is 23.2 Å². The smallest absolute Gasteiger partial charge is 0.251 e. The number of alkyl halides is 1. The molecule has 1 aliphatic rings. The molecule has 0 bridgehead atoms. The summed E-state index contributed by atoms with van der Waals surface area (Å²) in [5.41, 5.74) is 0.583. The molecule has 0 aliphatic heterocycles. The van der Waals surface area contributed by atoms with E-state index in [1.807, 2.05) is 0 Å². The highest BCUT2D eigenvalue weighted by Crippen LogP contribution is 2.46. The molecule has 5 heteroatoms. The van der Waals surface area contributed by atoms with E-state index in [0.717, 1.165) is 18.2 Å². The van der Waals surface area contributed by atoms with Gasteiger partial charge in [-0.1, -0.05) is 15.9 Å². The van der Waals surface area contributed by atoms with Crippen LogP contribution in [0.3, 0.4) is 0 Å². The Bertz CT molecular complexity index is 446. The van der Waals surface area contributed by atoms with E-state index in [9.17, 15) is 9.18 Å². The zero-order chi connectivity index (χ0) is 12.5. The molecule has 0 heterocycles. The second-order valence-corrected chi connectivity index (χ2v) is 5.86. The van der Waals surface area contributed by atoms with Crippen molar-refractivity contribution in [2.45, 2.75) is 12.8 Å². The molecule has 0 spiro atoms. The van der Waals surface area contributed by atoms with Crippen molar-refractivity contribution >= 4 is 37.8 Å². The van der Waals surface area contributed by atoms with Crippen molar-refractivity contribution in [3.8, 4) is 0 Å². The highest BCUT2D eigenvalue weighted by molar-refractivity contribution is 9.10. The zero-order valence-electron chi connectivity index (χ0n) is 9.10. The molecule has 1 fully saturated rings. The van der Waals surface area contributed by atoms with Gasteiger partial charge in [0.2, 0.25) is 0 Å². The predicted octanol–water partition coefficient (Wildman–Crippen LogP) is 3.49. The van der Waals surface area contributed by atoms with Crippen molar-refractivity contribution in [3.05, 3.63) is 34.1 Å². The second-order valence-electron chi connectivity index (χ2n) is 4.45. The summed E-state index contributed by atoms with van der Waals surface area (Å²) in [5.74, 6) is -0.636. The molecule has 0 atom stereocenters. The lowest BCUT2D eigenvalue weighted by Gasteiger charge is -2.12. The molecular weight excluding hydrogens is 353 g/mol. The first-order valence-corrected chi connectivity index (χ1v) is 7.27. The molecule has 2 rings (SSSR count). The molecule has 0 unspecified atom stereocenters. The Morgan fingerprint density at radius 1 is 1.47 bits per heavy atom. The first-order valence-electron chi connectivity index (χ1n) is 5.36. The SMILES string of the molecule is O=C(NCC1(CBr)CC1)c1ccc(Br)c(F)c1. The topological polar surface area (TPSA) is 29.1 Å². The lowest BCUT2D eigenvalue weighted by molar-refractivity contribution is 0.0946. The number of hydrogen-bond donors (Lipinski definition) is 1. The van der Waals surface area contributed by atoms with Crippen molar-refractivity contribution in [1.29, 1.82) is 0 Å². The normalized spacial score (nSPS) is 16.6. The van der Waals surface area contributed by atoms with Crippen LogP contribution in [0.4, 0.5) is 4.39 Å². The summed E-state index contributed by atoms with van der Waals surface area (Å²) in [4.78, 5) is 11.8. The fourth-order valence-electron chi connectivity index (χ4n) is 1.54. The van der Waals surface area contributed by atoms with E-state index < -0.39 is 5.82 Å². The van der Waals surface area contributed by atoms with Gasteiger partial charge in [-0.25, -0.2) is 4.39 Å². The molecule has 1 aromatic rings. The van der Waals surface area contributed by atoms with Crippen molar-refractivity contribution in [2.24, 2.45) is 5.41 Å². The molecule has 1 aromatic carbocycles. The van der Waals surface area contributed by atoms with Gasteiger partial charge in [0.05, 0.1) is 4.47 Å². The first-order chi connectivity index (χ1) is 8.06. The summed E-state index contributed by atoms with van der Waals surface area (Å²) in [6, 6.07) is 4.39. The zero-order valence-corrected chi connectivity index (χ0v) is 12.3. The molecule has 17 heavy (non-hydrogen) atoms. The summed E-state index contributed by atoms with van der Waals surface area (Å²) in [7, 11) is 0. The van der Waals surface area contributed by atoms with Gasteiger partial charge in [-0.05, 0) is 52.4 Å². The van der Waals surface area contributed by atoms with Crippen LogP contribution in [0.15, 0.2) is 22.7 Å². The van der Waals surface area contributed by atoms with E-state index in [1.54, 1.807) is 12.1 Å². The fraction of sp³-hybridized carbons (Fsp3) is 0.417.